The van der Waals surface area contributed by atoms with Crippen LogP contribution in [-0.4, -0.2) is 10.7 Å². The first-order valence-electron chi connectivity index (χ1n) is 7.57. The van der Waals surface area contributed by atoms with Gasteiger partial charge in [0, 0.05) is 0 Å². The van der Waals surface area contributed by atoms with E-state index in [1.807, 2.05) is 43.3 Å². The van der Waals surface area contributed by atoms with E-state index in [-0.39, 0.29) is 0 Å². The Morgan fingerprint density at radius 2 is 1.20 bits per heavy atom. The van der Waals surface area contributed by atoms with Gasteiger partial charge in [-0.3, -0.25) is 0 Å². The molecule has 0 saturated heterocycles. The van der Waals surface area contributed by atoms with Crippen molar-refractivity contribution in [1.29, 1.82) is 0 Å². The van der Waals surface area contributed by atoms with E-state index in [4.69, 9.17) is 28.0 Å². The Morgan fingerprint density at radius 1 is 0.800 bits per heavy atom. The molecule has 30 heavy (non-hydrogen) atoms. The molecule has 8 heteroatoms. The SMILES string of the molecule is CCO[C](=[W])/C=C(\Nc1ccccc1)c1ccccc1.[C-]#[O+].[C-]#[O+].[C-]#[O+].[C-]#[O+].[C-]#[O+]. The van der Waals surface area contributed by atoms with Gasteiger partial charge in [0.25, 0.3) is 0 Å². The molecule has 0 aliphatic carbocycles. The van der Waals surface area contributed by atoms with Gasteiger partial charge in [-0.25, -0.2) is 0 Å². The van der Waals surface area contributed by atoms with Gasteiger partial charge in [0.2, 0.25) is 0 Å². The molecule has 0 fully saturated rings. The van der Waals surface area contributed by atoms with Crippen LogP contribution >= 0.6 is 0 Å². The summed E-state index contributed by atoms with van der Waals surface area (Å²) in [4.78, 5) is 0. The number of nitrogens with one attached hydrogen (secondary N) is 1. The van der Waals surface area contributed by atoms with Crippen molar-refractivity contribution in [1.82, 2.24) is 0 Å². The summed E-state index contributed by atoms with van der Waals surface area (Å²) in [6, 6.07) is 20.5. The van der Waals surface area contributed by atoms with Crippen molar-refractivity contribution in [3.63, 3.8) is 0 Å². The van der Waals surface area contributed by atoms with E-state index in [0.717, 1.165) is 21.0 Å². The van der Waals surface area contributed by atoms with Crippen LogP contribution in [0.5, 0.6) is 0 Å². The van der Waals surface area contributed by atoms with Gasteiger partial charge in [-0.1, -0.05) is 0 Å². The zero-order valence-corrected chi connectivity index (χ0v) is 18.8. The van der Waals surface area contributed by atoms with Gasteiger partial charge in [-0.2, -0.15) is 0 Å². The fourth-order valence-corrected chi connectivity index (χ4v) is 2.63. The third-order valence-corrected chi connectivity index (χ3v) is 3.53. The van der Waals surface area contributed by atoms with Crippen LogP contribution in [0.1, 0.15) is 12.5 Å². The van der Waals surface area contributed by atoms with E-state index in [0.29, 0.717) is 6.61 Å². The molecule has 0 saturated carbocycles. The molecule has 152 valence electrons. The predicted molar refractivity (Wildman–Crippen MR) is 101 cm³/mol. The van der Waals surface area contributed by atoms with Crippen LogP contribution in [0.2, 0.25) is 0 Å². The fraction of sp³-hybridized carbons (Fsp3) is 0.0909. The first-order chi connectivity index (χ1) is 14.8. The van der Waals surface area contributed by atoms with Crippen LogP contribution in [0.15, 0.2) is 66.7 Å². The Hall–Kier alpha value is -2.80. The second-order valence-electron chi connectivity index (χ2n) is 4.17. The van der Waals surface area contributed by atoms with Gasteiger partial charge in [0.05, 0.1) is 0 Å². The molecule has 2 aromatic carbocycles. The Labute approximate surface area is 187 Å². The number of rotatable bonds is 6. The van der Waals surface area contributed by atoms with Crippen molar-refractivity contribution < 1.29 is 47.4 Å². The number of hydrogen-bond acceptors (Lipinski definition) is 2. The molecule has 0 aliphatic rings. The number of anilines is 1. The first-order valence-corrected chi connectivity index (χ1v) is 9.04. The summed E-state index contributed by atoms with van der Waals surface area (Å²) in [7, 11) is 0. The third-order valence-electron chi connectivity index (χ3n) is 2.69. The number of para-hydroxylation sites is 1. The topological polar surface area (TPSA) is 121 Å². The molecule has 0 amide bonds. The van der Waals surface area contributed by atoms with Crippen LogP contribution in [0, 0.1) is 33.3 Å². The fourth-order valence-electron chi connectivity index (χ4n) is 1.79. The average molecular weight is 575 g/mol. The Balaban J connectivity index is -0.000000296. The van der Waals surface area contributed by atoms with Crippen LogP contribution in [-0.2, 0) is 47.4 Å². The van der Waals surface area contributed by atoms with Crippen LogP contribution in [0.4, 0.5) is 5.69 Å². The quantitative estimate of drug-likeness (QED) is 0.418. The normalized spacial score (nSPS) is 7.77. The zero-order valence-electron chi connectivity index (χ0n) is 15.9. The molecule has 0 spiro atoms. The monoisotopic (exact) mass is 575 g/mol. The van der Waals surface area contributed by atoms with E-state index in [9.17, 15) is 0 Å². The Kier molecular flexibility index (Phi) is 35.7. The van der Waals surface area contributed by atoms with Gasteiger partial charge in [-0.15, -0.1) is 0 Å². The van der Waals surface area contributed by atoms with E-state index in [1.54, 1.807) is 0 Å². The van der Waals surface area contributed by atoms with Crippen molar-refractivity contribution in [2.45, 2.75) is 6.92 Å². The summed E-state index contributed by atoms with van der Waals surface area (Å²) in [6.07, 6.45) is 2.07. The summed E-state index contributed by atoms with van der Waals surface area (Å²) in [5.41, 5.74) is 3.27. The van der Waals surface area contributed by atoms with E-state index in [1.165, 1.54) is 19.4 Å². The summed E-state index contributed by atoms with van der Waals surface area (Å²) in [5.74, 6) is 0. The molecule has 2 rings (SSSR count). The molecule has 0 atom stereocenters. The maximum atomic E-state index is 7.50. The third kappa shape index (κ3) is 18.6. The standard InChI is InChI=1S/C17H17NO.5CO.W/c1-2-19-14-13-17(15-9-5-3-6-10-15)18-16-11-7-4-8-12-16;5*1-2;/h3-13,18H,2H2,1H3;;;;;;/b17-13-;;;;;;. The summed E-state index contributed by atoms with van der Waals surface area (Å²) < 4.78 is 44.1. The summed E-state index contributed by atoms with van der Waals surface area (Å²) in [5, 5.41) is 3.46. The molecule has 2 aromatic rings. The second kappa shape index (κ2) is 30.9. The van der Waals surface area contributed by atoms with Crippen LogP contribution in [0.25, 0.3) is 5.70 Å². The van der Waals surface area contributed by atoms with Gasteiger partial charge in [0.1, 0.15) is 0 Å². The molecule has 0 unspecified atom stereocenters. The number of hydrogen-bond donors (Lipinski definition) is 1. The molecule has 0 aliphatic heterocycles. The van der Waals surface area contributed by atoms with Crippen molar-refractivity contribution >= 4 is 15.5 Å². The molecule has 1 N–H and O–H groups in total. The molecule has 0 aromatic heterocycles. The zero-order chi connectivity index (χ0) is 24.2. The van der Waals surface area contributed by atoms with Crippen molar-refractivity contribution in [2.75, 3.05) is 11.9 Å². The Morgan fingerprint density at radius 3 is 1.60 bits per heavy atom. The predicted octanol–water partition coefficient (Wildman–Crippen LogP) is 3.67. The van der Waals surface area contributed by atoms with Gasteiger partial charge in [0.15, 0.2) is 0 Å². The van der Waals surface area contributed by atoms with Crippen molar-refractivity contribution in [3.05, 3.63) is 106 Å². The van der Waals surface area contributed by atoms with Gasteiger partial charge >= 0.3 is 187 Å². The second-order valence-corrected chi connectivity index (χ2v) is 5.61. The van der Waals surface area contributed by atoms with E-state index < -0.39 is 0 Å². The summed E-state index contributed by atoms with van der Waals surface area (Å²) in [6.45, 7) is 25.2. The van der Waals surface area contributed by atoms with Crippen LogP contribution in [0.3, 0.4) is 0 Å². The van der Waals surface area contributed by atoms with E-state index >= 15 is 0 Å². The minimum atomic E-state index is 0.697. The van der Waals surface area contributed by atoms with Crippen molar-refractivity contribution in [2.24, 2.45) is 0 Å². The van der Waals surface area contributed by atoms with Gasteiger partial charge < -0.3 is 0 Å². The van der Waals surface area contributed by atoms with Crippen molar-refractivity contribution in [3.8, 4) is 0 Å². The number of benzene rings is 2. The molecule has 0 radical (unpaired) electrons. The minimum absolute atomic E-state index is 0.697. The molecule has 0 heterocycles. The first kappa shape index (κ1) is 34.7. The molecular weight excluding hydrogens is 558 g/mol. The van der Waals surface area contributed by atoms with E-state index in [2.05, 4.69) is 68.9 Å². The number of ether oxygens (including phenoxy) is 1. The van der Waals surface area contributed by atoms with Crippen LogP contribution < -0.4 is 5.32 Å². The summed E-state index contributed by atoms with van der Waals surface area (Å²) >= 11 is 1.32. The van der Waals surface area contributed by atoms with Gasteiger partial charge in [-0.05, 0) is 0 Å². The molecular formula is C22H17NO6W. The molecule has 0 bridgehead atoms. The Bertz CT molecular complexity index is 758. The maximum absolute atomic E-state index is 7.50. The molecule has 7 nitrogen and oxygen atoms in total. The average Bonchev–Trinajstić information content (AvgIpc) is 2.86.